The van der Waals surface area contributed by atoms with Crippen LogP contribution in [0.2, 0.25) is 0 Å². The van der Waals surface area contributed by atoms with Crippen molar-refractivity contribution >= 4 is 33.1 Å². The van der Waals surface area contributed by atoms with Crippen molar-refractivity contribution in [2.75, 3.05) is 11.9 Å². The Morgan fingerprint density at radius 2 is 2.16 bits per heavy atom. The molecule has 0 spiro atoms. The van der Waals surface area contributed by atoms with Crippen molar-refractivity contribution in [1.82, 2.24) is 20.4 Å². The second kappa shape index (κ2) is 6.69. The monoisotopic (exact) mass is 357 g/mol. The Morgan fingerprint density at radius 1 is 1.32 bits per heavy atom. The van der Waals surface area contributed by atoms with Gasteiger partial charge in [-0.1, -0.05) is 29.5 Å². The molecule has 0 saturated carbocycles. The minimum absolute atomic E-state index is 0.0204. The van der Waals surface area contributed by atoms with E-state index >= 15 is 0 Å². The lowest BCUT2D eigenvalue weighted by Crippen LogP contribution is -2.18. The smallest absolute Gasteiger partial charge is 0.272 e. The number of benzene rings is 1. The number of fused-ring (bicyclic) bond motifs is 1. The number of hydrogen-bond donors (Lipinski definition) is 2. The van der Waals surface area contributed by atoms with Crippen LogP contribution in [0.3, 0.4) is 0 Å². The van der Waals surface area contributed by atoms with E-state index in [1.165, 1.54) is 11.3 Å². The molecule has 0 aliphatic carbocycles. The fourth-order valence-electron chi connectivity index (χ4n) is 2.81. The number of nitrogens with one attached hydrogen (secondary N) is 2. The Balaban J connectivity index is 1.49. The van der Waals surface area contributed by atoms with Crippen molar-refractivity contribution in [3.63, 3.8) is 0 Å². The first-order chi connectivity index (χ1) is 12.2. The SMILES string of the molecule is O=C(Cc1n[nH]c(=O)c2ccccc12)Nc1nnc(C2CCCO2)s1. The molecule has 2 N–H and O–H groups in total. The number of H-pyrrole nitrogens is 1. The maximum atomic E-state index is 12.3. The summed E-state index contributed by atoms with van der Waals surface area (Å²) in [7, 11) is 0. The van der Waals surface area contributed by atoms with Gasteiger partial charge in [-0.25, -0.2) is 5.10 Å². The summed E-state index contributed by atoms with van der Waals surface area (Å²) >= 11 is 1.32. The molecule has 3 aromatic rings. The Kier molecular flexibility index (Phi) is 4.24. The lowest BCUT2D eigenvalue weighted by Gasteiger charge is -2.04. The van der Waals surface area contributed by atoms with E-state index in [1.807, 2.05) is 6.07 Å². The zero-order valence-corrected chi connectivity index (χ0v) is 14.0. The van der Waals surface area contributed by atoms with Crippen LogP contribution < -0.4 is 10.9 Å². The highest BCUT2D eigenvalue weighted by atomic mass is 32.1. The molecule has 2 aromatic heterocycles. The Labute approximate surface area is 146 Å². The van der Waals surface area contributed by atoms with Gasteiger partial charge in [-0.15, -0.1) is 10.2 Å². The molecule has 1 aliphatic heterocycles. The zero-order valence-electron chi connectivity index (χ0n) is 13.2. The predicted octanol–water partition coefficient (Wildman–Crippen LogP) is 1.81. The quantitative estimate of drug-likeness (QED) is 0.737. The highest BCUT2D eigenvalue weighted by Crippen LogP contribution is 2.31. The van der Waals surface area contributed by atoms with Crippen molar-refractivity contribution in [2.45, 2.75) is 25.4 Å². The number of nitrogens with zero attached hydrogens (tertiary/aromatic N) is 3. The van der Waals surface area contributed by atoms with Gasteiger partial charge < -0.3 is 10.1 Å². The number of aromatic nitrogens is 4. The molecule has 1 saturated heterocycles. The first-order valence-electron chi connectivity index (χ1n) is 7.92. The van der Waals surface area contributed by atoms with Crippen molar-refractivity contribution in [2.24, 2.45) is 0 Å². The maximum Gasteiger partial charge on any atom is 0.272 e. The van der Waals surface area contributed by atoms with E-state index in [4.69, 9.17) is 4.74 Å². The lowest BCUT2D eigenvalue weighted by atomic mass is 10.1. The first kappa shape index (κ1) is 15.9. The van der Waals surface area contributed by atoms with Crippen molar-refractivity contribution in [1.29, 1.82) is 0 Å². The van der Waals surface area contributed by atoms with Crippen LogP contribution >= 0.6 is 11.3 Å². The second-order valence-corrected chi connectivity index (χ2v) is 6.73. The van der Waals surface area contributed by atoms with Gasteiger partial charge in [-0.3, -0.25) is 9.59 Å². The van der Waals surface area contributed by atoms with Crippen LogP contribution in [0.15, 0.2) is 29.1 Å². The topological polar surface area (TPSA) is 110 Å². The molecule has 0 bridgehead atoms. The predicted molar refractivity (Wildman–Crippen MR) is 92.5 cm³/mol. The molecule has 1 aliphatic rings. The minimum Gasteiger partial charge on any atom is -0.371 e. The van der Waals surface area contributed by atoms with Crippen molar-refractivity contribution < 1.29 is 9.53 Å². The average Bonchev–Trinajstić information content (AvgIpc) is 3.29. The Morgan fingerprint density at radius 3 is 2.96 bits per heavy atom. The van der Waals surface area contributed by atoms with E-state index in [2.05, 4.69) is 25.7 Å². The van der Waals surface area contributed by atoms with Crippen LogP contribution in [0.4, 0.5) is 5.13 Å². The van der Waals surface area contributed by atoms with Crippen LogP contribution in [-0.2, 0) is 16.0 Å². The number of amides is 1. The van der Waals surface area contributed by atoms with Gasteiger partial charge in [0.05, 0.1) is 17.5 Å². The van der Waals surface area contributed by atoms with Crippen LogP contribution in [0.5, 0.6) is 0 Å². The number of aromatic amines is 1. The third-order valence-electron chi connectivity index (χ3n) is 4.00. The lowest BCUT2D eigenvalue weighted by molar-refractivity contribution is -0.115. The summed E-state index contributed by atoms with van der Waals surface area (Å²) < 4.78 is 5.56. The van der Waals surface area contributed by atoms with E-state index in [0.29, 0.717) is 21.6 Å². The molecule has 4 rings (SSSR count). The number of hydrogen-bond acceptors (Lipinski definition) is 7. The summed E-state index contributed by atoms with van der Waals surface area (Å²) in [4.78, 5) is 24.1. The molecule has 0 radical (unpaired) electrons. The summed E-state index contributed by atoms with van der Waals surface area (Å²) in [5, 5.41) is 19.6. The van der Waals surface area contributed by atoms with Crippen molar-refractivity contribution in [3.05, 3.63) is 45.3 Å². The fraction of sp³-hybridized carbons (Fsp3) is 0.312. The van der Waals surface area contributed by atoms with Gasteiger partial charge >= 0.3 is 0 Å². The van der Waals surface area contributed by atoms with Crippen LogP contribution in [0.25, 0.3) is 10.8 Å². The molecule has 1 unspecified atom stereocenters. The molecule has 1 atom stereocenters. The molecule has 128 valence electrons. The van der Waals surface area contributed by atoms with Gasteiger partial charge in [0.2, 0.25) is 11.0 Å². The molecule has 9 heteroatoms. The third-order valence-corrected chi connectivity index (χ3v) is 4.93. The third kappa shape index (κ3) is 3.28. The average molecular weight is 357 g/mol. The number of carbonyl (C=O) groups is 1. The minimum atomic E-state index is -0.273. The summed E-state index contributed by atoms with van der Waals surface area (Å²) in [6, 6.07) is 7.06. The number of rotatable bonds is 4. The van der Waals surface area contributed by atoms with E-state index in [-0.39, 0.29) is 24.0 Å². The molecule has 8 nitrogen and oxygen atoms in total. The van der Waals surface area contributed by atoms with Gasteiger partial charge in [0.1, 0.15) is 11.1 Å². The summed E-state index contributed by atoms with van der Waals surface area (Å²) in [6.45, 7) is 0.733. The molecule has 25 heavy (non-hydrogen) atoms. The molecule has 3 heterocycles. The fourth-order valence-corrected chi connectivity index (χ4v) is 3.65. The highest BCUT2D eigenvalue weighted by molar-refractivity contribution is 7.15. The second-order valence-electron chi connectivity index (χ2n) is 5.72. The largest absolute Gasteiger partial charge is 0.371 e. The van der Waals surface area contributed by atoms with E-state index in [9.17, 15) is 9.59 Å². The Hall–Kier alpha value is -2.65. The van der Waals surface area contributed by atoms with E-state index < -0.39 is 0 Å². The van der Waals surface area contributed by atoms with Crippen molar-refractivity contribution in [3.8, 4) is 0 Å². The number of anilines is 1. The molecule has 1 aromatic carbocycles. The van der Waals surface area contributed by atoms with E-state index in [0.717, 1.165) is 24.5 Å². The molecule has 1 amide bonds. The number of carbonyl (C=O) groups excluding carboxylic acids is 1. The molecular weight excluding hydrogens is 342 g/mol. The van der Waals surface area contributed by atoms with Gasteiger partial charge in [-0.05, 0) is 18.9 Å². The van der Waals surface area contributed by atoms with Gasteiger partial charge in [0.25, 0.3) is 5.56 Å². The molecule has 1 fully saturated rings. The first-order valence-corrected chi connectivity index (χ1v) is 8.73. The molecular formula is C16H15N5O3S. The summed E-state index contributed by atoms with van der Waals surface area (Å²) in [6.07, 6.45) is 1.95. The zero-order chi connectivity index (χ0) is 17.2. The van der Waals surface area contributed by atoms with Crippen LogP contribution in [0, 0.1) is 0 Å². The summed E-state index contributed by atoms with van der Waals surface area (Å²) in [5.74, 6) is -0.264. The van der Waals surface area contributed by atoms with Crippen LogP contribution in [0.1, 0.15) is 29.6 Å². The van der Waals surface area contributed by atoms with Gasteiger partial charge in [0, 0.05) is 12.0 Å². The Bertz CT molecular complexity index is 977. The van der Waals surface area contributed by atoms with Gasteiger partial charge in [0.15, 0.2) is 0 Å². The highest BCUT2D eigenvalue weighted by Gasteiger charge is 2.22. The maximum absolute atomic E-state index is 12.3. The number of ether oxygens (including phenoxy) is 1. The standard InChI is InChI=1S/C16H15N5O3S/c22-13(17-16-21-20-15(25-16)12-6-3-7-24-12)8-11-9-4-1-2-5-10(9)14(23)19-18-11/h1-2,4-5,12H,3,6-8H2,(H,19,23)(H,17,21,22). The van der Waals surface area contributed by atoms with E-state index in [1.54, 1.807) is 18.2 Å². The van der Waals surface area contributed by atoms with Crippen LogP contribution in [-0.4, -0.2) is 32.9 Å². The normalized spacial score (nSPS) is 17.0. The summed E-state index contributed by atoms with van der Waals surface area (Å²) in [5.41, 5.74) is 0.238. The van der Waals surface area contributed by atoms with Gasteiger partial charge in [-0.2, -0.15) is 5.10 Å².